The maximum absolute atomic E-state index is 14.0. The lowest BCUT2D eigenvalue weighted by atomic mass is 10.1. The van der Waals surface area contributed by atoms with Crippen molar-refractivity contribution in [1.29, 1.82) is 0 Å². The van der Waals surface area contributed by atoms with E-state index in [4.69, 9.17) is 46.4 Å². The molecule has 0 aliphatic rings. The van der Waals surface area contributed by atoms with Gasteiger partial charge >= 0.3 is 0 Å². The van der Waals surface area contributed by atoms with Gasteiger partial charge in [0.2, 0.25) is 11.8 Å². The van der Waals surface area contributed by atoms with Gasteiger partial charge in [-0.25, -0.2) is 8.42 Å². The SMILES string of the molecule is CC[C@H](C(=O)NC)N(Cc1c(Cl)cccc1Cl)C(=O)CN(c1cc(Cl)ccc1Cl)S(=O)(=O)c1ccc(C)cc1. The van der Waals surface area contributed by atoms with Gasteiger partial charge in [0.05, 0.1) is 15.6 Å². The van der Waals surface area contributed by atoms with E-state index >= 15 is 0 Å². The molecule has 0 unspecified atom stereocenters. The third-order valence-corrected chi connectivity index (χ3v) is 9.12. The van der Waals surface area contributed by atoms with Crippen molar-refractivity contribution in [2.24, 2.45) is 0 Å². The zero-order valence-electron chi connectivity index (χ0n) is 21.4. The zero-order valence-corrected chi connectivity index (χ0v) is 25.3. The summed E-state index contributed by atoms with van der Waals surface area (Å²) in [5, 5.41) is 3.46. The van der Waals surface area contributed by atoms with Crippen LogP contribution in [0.1, 0.15) is 24.5 Å². The molecule has 1 N–H and O–H groups in total. The van der Waals surface area contributed by atoms with Crippen LogP contribution in [-0.4, -0.2) is 44.8 Å². The molecule has 0 aliphatic carbocycles. The number of halogens is 4. The van der Waals surface area contributed by atoms with Crippen LogP contribution in [0.3, 0.4) is 0 Å². The molecule has 7 nitrogen and oxygen atoms in total. The predicted molar refractivity (Wildman–Crippen MR) is 157 cm³/mol. The second kappa shape index (κ2) is 13.2. The van der Waals surface area contributed by atoms with E-state index in [0.29, 0.717) is 15.6 Å². The van der Waals surface area contributed by atoms with Crippen molar-refractivity contribution in [3.63, 3.8) is 0 Å². The molecule has 3 rings (SSSR count). The molecule has 0 bridgehead atoms. The molecule has 0 fully saturated rings. The Kier molecular flexibility index (Phi) is 10.5. The molecule has 1 atom stereocenters. The molecule has 3 aromatic carbocycles. The molecule has 2 amide bonds. The van der Waals surface area contributed by atoms with Gasteiger partial charge in [-0.1, -0.05) is 77.1 Å². The molecule has 0 saturated carbocycles. The highest BCUT2D eigenvalue weighted by molar-refractivity contribution is 7.92. The Hall–Kier alpha value is -2.49. The topological polar surface area (TPSA) is 86.8 Å². The summed E-state index contributed by atoms with van der Waals surface area (Å²) in [6.45, 7) is 2.76. The fourth-order valence-electron chi connectivity index (χ4n) is 3.97. The molecule has 12 heteroatoms. The number of sulfonamides is 1. The molecule has 0 aliphatic heterocycles. The first-order valence-electron chi connectivity index (χ1n) is 11.9. The van der Waals surface area contributed by atoms with Crippen LogP contribution < -0.4 is 9.62 Å². The Morgan fingerprint density at radius 2 is 1.54 bits per heavy atom. The summed E-state index contributed by atoms with van der Waals surface area (Å²) in [5.74, 6) is -1.10. The number of nitrogens with zero attached hydrogens (tertiary/aromatic N) is 2. The van der Waals surface area contributed by atoms with Gasteiger partial charge in [0.25, 0.3) is 10.0 Å². The molecule has 39 heavy (non-hydrogen) atoms. The van der Waals surface area contributed by atoms with E-state index < -0.39 is 34.4 Å². The minimum atomic E-state index is -4.30. The number of anilines is 1. The van der Waals surface area contributed by atoms with Crippen molar-refractivity contribution in [1.82, 2.24) is 10.2 Å². The fourth-order valence-corrected chi connectivity index (χ4v) is 6.35. The van der Waals surface area contributed by atoms with Gasteiger partial charge in [-0.15, -0.1) is 0 Å². The highest BCUT2D eigenvalue weighted by atomic mass is 35.5. The highest BCUT2D eigenvalue weighted by Gasteiger charge is 2.34. The van der Waals surface area contributed by atoms with Gasteiger partial charge in [-0.05, 0) is 55.8 Å². The summed E-state index contributed by atoms with van der Waals surface area (Å²) in [6, 6.07) is 14.5. The minimum Gasteiger partial charge on any atom is -0.357 e. The number of hydrogen-bond acceptors (Lipinski definition) is 4. The average molecular weight is 631 g/mol. The zero-order chi connectivity index (χ0) is 28.9. The van der Waals surface area contributed by atoms with Gasteiger partial charge in [0.1, 0.15) is 12.6 Å². The molecular weight excluding hydrogens is 604 g/mol. The van der Waals surface area contributed by atoms with E-state index in [9.17, 15) is 18.0 Å². The van der Waals surface area contributed by atoms with Crippen molar-refractivity contribution in [3.05, 3.63) is 91.9 Å². The monoisotopic (exact) mass is 629 g/mol. The maximum Gasteiger partial charge on any atom is 0.264 e. The quantitative estimate of drug-likeness (QED) is 0.283. The Bertz CT molecular complexity index is 1450. The molecular formula is C27H27Cl4N3O4S. The molecule has 3 aromatic rings. The van der Waals surface area contributed by atoms with Gasteiger partial charge in [-0.2, -0.15) is 0 Å². The third-order valence-electron chi connectivity index (χ3n) is 6.09. The highest BCUT2D eigenvalue weighted by Crippen LogP contribution is 2.34. The predicted octanol–water partition coefficient (Wildman–Crippen LogP) is 6.36. The molecule has 0 heterocycles. The molecule has 0 saturated heterocycles. The maximum atomic E-state index is 14.0. The first kappa shape index (κ1) is 31.0. The summed E-state index contributed by atoms with van der Waals surface area (Å²) < 4.78 is 28.7. The van der Waals surface area contributed by atoms with E-state index in [1.54, 1.807) is 37.3 Å². The summed E-state index contributed by atoms with van der Waals surface area (Å²) in [7, 11) is -2.84. The Morgan fingerprint density at radius 1 is 0.923 bits per heavy atom. The van der Waals surface area contributed by atoms with Crippen molar-refractivity contribution >= 4 is 73.9 Å². The lowest BCUT2D eigenvalue weighted by molar-refractivity contribution is -0.140. The summed E-state index contributed by atoms with van der Waals surface area (Å²) >= 11 is 25.4. The van der Waals surface area contributed by atoms with Gasteiger partial charge in [0.15, 0.2) is 0 Å². The number of hydrogen-bond donors (Lipinski definition) is 1. The second-order valence-corrected chi connectivity index (χ2v) is 12.2. The van der Waals surface area contributed by atoms with Crippen LogP contribution >= 0.6 is 46.4 Å². The number of benzene rings is 3. The smallest absolute Gasteiger partial charge is 0.264 e. The number of likely N-dealkylation sites (N-methyl/N-ethyl adjacent to an activating group) is 1. The number of carbonyl (C=O) groups excluding carboxylic acids is 2. The largest absolute Gasteiger partial charge is 0.357 e. The lowest BCUT2D eigenvalue weighted by Crippen LogP contribution is -2.51. The summed E-state index contributed by atoms with van der Waals surface area (Å²) in [6.07, 6.45) is 0.246. The molecule has 208 valence electrons. The van der Waals surface area contributed by atoms with Gasteiger partial charge in [0, 0.05) is 34.2 Å². The number of aryl methyl sites for hydroxylation is 1. The molecule has 0 radical (unpaired) electrons. The lowest BCUT2D eigenvalue weighted by Gasteiger charge is -2.33. The Labute approximate surface area is 248 Å². The number of carbonyl (C=O) groups is 2. The van der Waals surface area contributed by atoms with E-state index in [1.807, 2.05) is 6.92 Å². The standard InChI is InChI=1S/C27H27Cl4N3O4S/c1-4-24(27(36)32-3)33(15-20-21(29)6-5-7-22(20)30)26(35)16-34(25-14-18(28)10-13-23(25)31)39(37,38)19-11-8-17(2)9-12-19/h5-14,24H,4,15-16H2,1-3H3,(H,32,36)/t24-/m1/s1. The molecule has 0 aromatic heterocycles. The van der Waals surface area contributed by atoms with Crippen LogP contribution in [0.25, 0.3) is 0 Å². The Balaban J connectivity index is 2.14. The average Bonchev–Trinajstić information content (AvgIpc) is 2.90. The van der Waals surface area contributed by atoms with Crippen LogP contribution in [0.15, 0.2) is 65.6 Å². The third kappa shape index (κ3) is 7.18. The van der Waals surface area contributed by atoms with Gasteiger partial charge < -0.3 is 10.2 Å². The van der Waals surface area contributed by atoms with E-state index in [-0.39, 0.29) is 33.6 Å². The van der Waals surface area contributed by atoms with Crippen molar-refractivity contribution in [3.8, 4) is 0 Å². The first-order chi connectivity index (χ1) is 18.4. The second-order valence-electron chi connectivity index (χ2n) is 8.68. The Morgan fingerprint density at radius 3 is 2.10 bits per heavy atom. The van der Waals surface area contributed by atoms with Crippen LogP contribution in [0.2, 0.25) is 20.1 Å². The number of amides is 2. The molecule has 0 spiro atoms. The van der Waals surface area contributed by atoms with E-state index in [1.165, 1.54) is 42.3 Å². The summed E-state index contributed by atoms with van der Waals surface area (Å²) in [4.78, 5) is 28.0. The van der Waals surface area contributed by atoms with Crippen molar-refractivity contribution < 1.29 is 18.0 Å². The normalized spacial score (nSPS) is 12.1. The van der Waals surface area contributed by atoms with E-state index in [2.05, 4.69) is 5.32 Å². The van der Waals surface area contributed by atoms with Crippen molar-refractivity contribution in [2.45, 2.75) is 37.8 Å². The van der Waals surface area contributed by atoms with E-state index in [0.717, 1.165) is 9.87 Å². The first-order valence-corrected chi connectivity index (χ1v) is 14.8. The summed E-state index contributed by atoms with van der Waals surface area (Å²) in [5.41, 5.74) is 1.29. The minimum absolute atomic E-state index is 0.0156. The van der Waals surface area contributed by atoms with Crippen LogP contribution in [-0.2, 0) is 26.2 Å². The number of rotatable bonds is 10. The fraction of sp³-hybridized carbons (Fsp3) is 0.259. The van der Waals surface area contributed by atoms with Crippen LogP contribution in [0, 0.1) is 6.92 Å². The van der Waals surface area contributed by atoms with Gasteiger partial charge in [-0.3, -0.25) is 13.9 Å². The number of nitrogens with one attached hydrogen (secondary N) is 1. The van der Waals surface area contributed by atoms with Crippen LogP contribution in [0.5, 0.6) is 0 Å². The van der Waals surface area contributed by atoms with Crippen molar-refractivity contribution in [2.75, 3.05) is 17.9 Å². The van der Waals surface area contributed by atoms with Crippen LogP contribution in [0.4, 0.5) is 5.69 Å².